The van der Waals surface area contributed by atoms with Crippen molar-refractivity contribution in [1.29, 1.82) is 0 Å². The molecule has 0 saturated carbocycles. The molecule has 0 atom stereocenters. The lowest BCUT2D eigenvalue weighted by molar-refractivity contribution is -0.0661. The van der Waals surface area contributed by atoms with Gasteiger partial charge in [-0.25, -0.2) is 13.8 Å². The summed E-state index contributed by atoms with van der Waals surface area (Å²) in [6.45, 7) is 2.94. The van der Waals surface area contributed by atoms with Crippen LogP contribution >= 0.6 is 11.6 Å². The molecule has 0 aliphatic carbocycles. The van der Waals surface area contributed by atoms with Crippen LogP contribution in [0, 0.1) is 6.92 Å². The Hall–Kier alpha value is -0.740. The quantitative estimate of drug-likeness (QED) is 0.759. The van der Waals surface area contributed by atoms with Crippen LogP contribution in [0.2, 0.25) is 5.15 Å². The smallest absolute Gasteiger partial charge is 0.260 e. The van der Waals surface area contributed by atoms with E-state index in [4.69, 9.17) is 11.6 Å². The van der Waals surface area contributed by atoms with Crippen LogP contribution in [0.15, 0.2) is 12.3 Å². The molecule has 0 amide bonds. The molecule has 0 bridgehead atoms. The molecule has 1 aliphatic heterocycles. The highest BCUT2D eigenvalue weighted by atomic mass is 35.5. The van der Waals surface area contributed by atoms with Gasteiger partial charge in [0.15, 0.2) is 0 Å². The molecule has 2 nitrogen and oxygen atoms in total. The Kier molecular flexibility index (Phi) is 3.64. The van der Waals surface area contributed by atoms with Crippen molar-refractivity contribution in [3.05, 3.63) is 28.5 Å². The molecule has 0 unspecified atom stereocenters. The zero-order valence-corrected chi connectivity index (χ0v) is 10.5. The molecule has 0 aromatic carbocycles. The van der Waals surface area contributed by atoms with Crippen molar-refractivity contribution in [2.24, 2.45) is 0 Å². The maximum absolute atomic E-state index is 13.2. The number of hydrogen-bond donors (Lipinski definition) is 0. The lowest BCUT2D eigenvalue weighted by Crippen LogP contribution is -2.42. The van der Waals surface area contributed by atoms with E-state index >= 15 is 0 Å². The third-order valence-electron chi connectivity index (χ3n) is 2.95. The van der Waals surface area contributed by atoms with Crippen molar-refractivity contribution in [3.63, 3.8) is 0 Å². The Balaban J connectivity index is 2.03. The Labute approximate surface area is 105 Å². The Bertz CT molecular complexity index is 409. The molecule has 1 aliphatic rings. The predicted octanol–water partition coefficient (Wildman–Crippen LogP) is 3.27. The van der Waals surface area contributed by atoms with Crippen molar-refractivity contribution in [1.82, 2.24) is 9.88 Å². The molecule has 0 radical (unpaired) electrons. The second-order valence-corrected chi connectivity index (χ2v) is 4.98. The molecule has 1 fully saturated rings. The standard InChI is InChI=1S/C12H15ClF2N2/c1-9-5-10(6-16-11(9)13)7-17-4-2-3-12(14,15)8-17/h5-6H,2-4,7-8H2,1H3. The first-order chi connectivity index (χ1) is 7.96. The summed E-state index contributed by atoms with van der Waals surface area (Å²) in [5, 5.41) is 0.470. The zero-order chi connectivity index (χ0) is 12.5. The predicted molar refractivity (Wildman–Crippen MR) is 63.4 cm³/mol. The largest absolute Gasteiger partial charge is 0.293 e. The molecule has 1 saturated heterocycles. The summed E-state index contributed by atoms with van der Waals surface area (Å²) in [6.07, 6.45) is 2.20. The van der Waals surface area contributed by atoms with E-state index in [0.717, 1.165) is 17.7 Å². The third kappa shape index (κ3) is 3.36. The fourth-order valence-electron chi connectivity index (χ4n) is 2.14. The number of rotatable bonds is 2. The van der Waals surface area contributed by atoms with Gasteiger partial charge in [-0.1, -0.05) is 17.7 Å². The average molecular weight is 261 g/mol. The van der Waals surface area contributed by atoms with E-state index in [0.29, 0.717) is 18.1 Å². The van der Waals surface area contributed by atoms with E-state index in [-0.39, 0.29) is 13.0 Å². The van der Waals surface area contributed by atoms with Gasteiger partial charge in [-0.2, -0.15) is 0 Å². The van der Waals surface area contributed by atoms with Crippen LogP contribution in [-0.2, 0) is 6.54 Å². The minimum atomic E-state index is -2.55. The first-order valence-electron chi connectivity index (χ1n) is 5.67. The number of aryl methyl sites for hydroxylation is 1. The number of halogens is 3. The SMILES string of the molecule is Cc1cc(CN2CCCC(F)(F)C2)cnc1Cl. The van der Waals surface area contributed by atoms with E-state index in [9.17, 15) is 8.78 Å². The van der Waals surface area contributed by atoms with Crippen molar-refractivity contribution >= 4 is 11.6 Å². The number of nitrogens with zero attached hydrogens (tertiary/aromatic N) is 2. The van der Waals surface area contributed by atoms with Crippen molar-refractivity contribution in [2.45, 2.75) is 32.2 Å². The van der Waals surface area contributed by atoms with Gasteiger partial charge in [0.05, 0.1) is 6.54 Å². The highest BCUT2D eigenvalue weighted by Gasteiger charge is 2.34. The summed E-state index contributed by atoms with van der Waals surface area (Å²) in [6, 6.07) is 1.90. The monoisotopic (exact) mass is 260 g/mol. The molecular weight excluding hydrogens is 246 g/mol. The van der Waals surface area contributed by atoms with Crippen LogP contribution in [0.4, 0.5) is 8.78 Å². The van der Waals surface area contributed by atoms with Gasteiger partial charge in [0.1, 0.15) is 5.15 Å². The minimum Gasteiger partial charge on any atom is -0.293 e. The molecule has 2 heterocycles. The lowest BCUT2D eigenvalue weighted by atomic mass is 10.1. The fraction of sp³-hybridized carbons (Fsp3) is 0.583. The van der Waals surface area contributed by atoms with Gasteiger partial charge < -0.3 is 0 Å². The average Bonchev–Trinajstić information content (AvgIpc) is 2.22. The van der Waals surface area contributed by atoms with Gasteiger partial charge in [-0.05, 0) is 31.0 Å². The number of likely N-dealkylation sites (tertiary alicyclic amines) is 1. The Morgan fingerprint density at radius 1 is 1.53 bits per heavy atom. The highest BCUT2D eigenvalue weighted by molar-refractivity contribution is 6.30. The Morgan fingerprint density at radius 2 is 2.29 bits per heavy atom. The number of hydrogen-bond acceptors (Lipinski definition) is 2. The van der Waals surface area contributed by atoms with Crippen LogP contribution in [0.5, 0.6) is 0 Å². The van der Waals surface area contributed by atoms with Gasteiger partial charge in [-0.3, -0.25) is 4.90 Å². The number of alkyl halides is 2. The van der Waals surface area contributed by atoms with Gasteiger partial charge in [0.2, 0.25) is 0 Å². The zero-order valence-electron chi connectivity index (χ0n) is 9.72. The number of pyridine rings is 1. The van der Waals surface area contributed by atoms with Crippen LogP contribution in [0.1, 0.15) is 24.0 Å². The third-order valence-corrected chi connectivity index (χ3v) is 3.34. The first-order valence-corrected chi connectivity index (χ1v) is 6.05. The first kappa shape index (κ1) is 12.7. The fourth-order valence-corrected chi connectivity index (χ4v) is 2.25. The van der Waals surface area contributed by atoms with E-state index < -0.39 is 5.92 Å². The van der Waals surface area contributed by atoms with Gasteiger partial charge in [0.25, 0.3) is 5.92 Å². The maximum atomic E-state index is 13.2. The highest BCUT2D eigenvalue weighted by Crippen LogP contribution is 2.27. The van der Waals surface area contributed by atoms with Gasteiger partial charge >= 0.3 is 0 Å². The normalized spacial score (nSPS) is 20.5. The van der Waals surface area contributed by atoms with E-state index in [1.807, 2.05) is 13.0 Å². The van der Waals surface area contributed by atoms with Crippen LogP contribution < -0.4 is 0 Å². The van der Waals surface area contributed by atoms with Crippen LogP contribution in [0.25, 0.3) is 0 Å². The molecule has 5 heteroatoms. The van der Waals surface area contributed by atoms with Crippen molar-refractivity contribution < 1.29 is 8.78 Å². The molecule has 2 rings (SSSR count). The van der Waals surface area contributed by atoms with Gasteiger partial charge in [0, 0.05) is 19.2 Å². The second kappa shape index (κ2) is 4.86. The molecule has 0 spiro atoms. The molecular formula is C12H15ClF2N2. The maximum Gasteiger partial charge on any atom is 0.260 e. The molecule has 1 aromatic heterocycles. The lowest BCUT2D eigenvalue weighted by Gasteiger charge is -2.32. The van der Waals surface area contributed by atoms with Crippen LogP contribution in [0.3, 0.4) is 0 Å². The van der Waals surface area contributed by atoms with Crippen molar-refractivity contribution in [3.8, 4) is 0 Å². The number of aromatic nitrogens is 1. The minimum absolute atomic E-state index is 0.00138. The second-order valence-electron chi connectivity index (χ2n) is 4.62. The van der Waals surface area contributed by atoms with Gasteiger partial charge in [-0.15, -0.1) is 0 Å². The summed E-state index contributed by atoms with van der Waals surface area (Å²) in [4.78, 5) is 5.80. The van der Waals surface area contributed by atoms with E-state index in [1.54, 1.807) is 11.1 Å². The molecule has 0 N–H and O–H groups in total. The van der Waals surface area contributed by atoms with E-state index in [2.05, 4.69) is 4.98 Å². The van der Waals surface area contributed by atoms with Crippen LogP contribution in [-0.4, -0.2) is 28.9 Å². The summed E-state index contributed by atoms with van der Waals surface area (Å²) >= 11 is 5.82. The Morgan fingerprint density at radius 3 is 2.94 bits per heavy atom. The van der Waals surface area contributed by atoms with E-state index in [1.165, 1.54) is 0 Å². The molecule has 1 aromatic rings. The summed E-state index contributed by atoms with van der Waals surface area (Å²) in [7, 11) is 0. The number of piperidine rings is 1. The van der Waals surface area contributed by atoms with Crippen molar-refractivity contribution in [2.75, 3.05) is 13.1 Å². The summed E-state index contributed by atoms with van der Waals surface area (Å²) in [5.74, 6) is -2.55. The molecule has 94 valence electrons. The topological polar surface area (TPSA) is 16.1 Å². The summed E-state index contributed by atoms with van der Waals surface area (Å²) in [5.41, 5.74) is 1.82. The molecule has 17 heavy (non-hydrogen) atoms. The summed E-state index contributed by atoms with van der Waals surface area (Å²) < 4.78 is 26.4.